The van der Waals surface area contributed by atoms with Gasteiger partial charge in [0.1, 0.15) is 22.9 Å². The number of pyridine rings is 1. The van der Waals surface area contributed by atoms with Crippen LogP contribution in [0.4, 0.5) is 9.18 Å². The van der Waals surface area contributed by atoms with Gasteiger partial charge in [-0.3, -0.25) is 14.5 Å². The van der Waals surface area contributed by atoms with Gasteiger partial charge in [-0.25, -0.2) is 14.2 Å². The zero-order valence-corrected chi connectivity index (χ0v) is 22.6. The zero-order chi connectivity index (χ0) is 27.4. The monoisotopic (exact) mass is 531 g/mol. The van der Waals surface area contributed by atoms with E-state index in [1.165, 1.54) is 12.1 Å². The predicted molar refractivity (Wildman–Crippen MR) is 149 cm³/mol. The fourth-order valence-corrected chi connectivity index (χ4v) is 4.63. The Balaban J connectivity index is 1.17. The highest BCUT2D eigenvalue weighted by Crippen LogP contribution is 2.29. The van der Waals surface area contributed by atoms with Gasteiger partial charge in [0.25, 0.3) is 0 Å². The number of carbonyl (C=O) groups is 1. The van der Waals surface area contributed by atoms with Crippen molar-refractivity contribution in [1.29, 1.82) is 0 Å². The Kier molecular flexibility index (Phi) is 7.79. The minimum absolute atomic E-state index is 0.239. The topological polar surface area (TPSA) is 72.7 Å². The number of ether oxygens (including phenoxy) is 2. The number of halogens is 1. The van der Waals surface area contributed by atoms with Crippen molar-refractivity contribution < 1.29 is 18.7 Å². The Labute approximate surface area is 228 Å². The molecule has 1 amide bonds. The summed E-state index contributed by atoms with van der Waals surface area (Å²) >= 11 is 0. The van der Waals surface area contributed by atoms with E-state index in [4.69, 9.17) is 9.47 Å². The first kappa shape index (κ1) is 26.6. The third-order valence-corrected chi connectivity index (χ3v) is 6.52. The van der Waals surface area contributed by atoms with Crippen molar-refractivity contribution in [3.63, 3.8) is 0 Å². The van der Waals surface area contributed by atoms with E-state index in [1.807, 2.05) is 67.8 Å². The largest absolute Gasteiger partial charge is 0.494 e. The predicted octanol–water partition coefficient (Wildman–Crippen LogP) is 5.55. The second-order valence-electron chi connectivity index (χ2n) is 10.6. The minimum atomic E-state index is -0.475. The lowest BCUT2D eigenvalue weighted by molar-refractivity contribution is 0.0142. The highest BCUT2D eigenvalue weighted by molar-refractivity contribution is 5.82. The number of carbonyl (C=O) groups excluding carboxylic acids is 1. The highest BCUT2D eigenvalue weighted by Gasteiger charge is 2.25. The number of piperazine rings is 1. The van der Waals surface area contributed by atoms with Crippen LogP contribution < -0.4 is 4.74 Å². The fourth-order valence-electron chi connectivity index (χ4n) is 4.63. The van der Waals surface area contributed by atoms with Crippen molar-refractivity contribution >= 4 is 17.1 Å². The number of amides is 1. The van der Waals surface area contributed by atoms with Crippen molar-refractivity contribution in [2.24, 2.45) is 0 Å². The highest BCUT2D eigenvalue weighted by atomic mass is 19.1. The quantitative estimate of drug-likeness (QED) is 0.291. The van der Waals surface area contributed by atoms with Gasteiger partial charge >= 0.3 is 6.09 Å². The molecule has 0 atom stereocenters. The molecule has 8 nitrogen and oxygen atoms in total. The molecule has 0 bridgehead atoms. The molecular formula is C30H34FN5O3. The van der Waals surface area contributed by atoms with Gasteiger partial charge in [-0.2, -0.15) is 0 Å². The fraction of sp³-hybridized carbons (Fsp3) is 0.367. The van der Waals surface area contributed by atoms with Crippen molar-refractivity contribution in [3.05, 3.63) is 72.7 Å². The van der Waals surface area contributed by atoms with Gasteiger partial charge in [0.2, 0.25) is 0 Å². The summed E-state index contributed by atoms with van der Waals surface area (Å²) in [6.07, 6.45) is 2.37. The van der Waals surface area contributed by atoms with Gasteiger partial charge in [0.05, 0.1) is 17.6 Å². The maximum Gasteiger partial charge on any atom is 0.410 e. The molecule has 0 aliphatic carbocycles. The van der Waals surface area contributed by atoms with Gasteiger partial charge < -0.3 is 14.4 Å². The summed E-state index contributed by atoms with van der Waals surface area (Å²) in [5.41, 5.74) is 2.50. The smallest absolute Gasteiger partial charge is 0.410 e. The molecule has 2 aromatic carbocycles. The first-order valence-corrected chi connectivity index (χ1v) is 13.3. The first-order chi connectivity index (χ1) is 18.8. The van der Waals surface area contributed by atoms with Crippen LogP contribution in [0.1, 0.15) is 27.2 Å². The van der Waals surface area contributed by atoms with Gasteiger partial charge in [0, 0.05) is 50.7 Å². The Morgan fingerprint density at radius 2 is 1.77 bits per heavy atom. The summed E-state index contributed by atoms with van der Waals surface area (Å²) in [4.78, 5) is 25.5. The molecule has 4 aromatic rings. The standard InChI is InChI=1S/C30H34FN5O3/c1-30(2,3)39-29(37)35-18-16-34(17-19-35)15-6-20-38-24-11-9-23(10-12-24)36-27-13-8-22(31)21-26(27)33-28(36)25-7-4-5-14-32-25/h4-5,7-14,21H,6,15-20H2,1-3H3. The molecule has 0 spiro atoms. The van der Waals surface area contributed by atoms with E-state index in [1.54, 1.807) is 17.2 Å². The van der Waals surface area contributed by atoms with Crippen LogP contribution in [0.5, 0.6) is 5.75 Å². The Hall–Kier alpha value is -3.98. The molecular weight excluding hydrogens is 497 g/mol. The van der Waals surface area contributed by atoms with Crippen LogP contribution in [-0.2, 0) is 4.74 Å². The van der Waals surface area contributed by atoms with Crippen molar-refractivity contribution in [2.45, 2.75) is 32.8 Å². The lowest BCUT2D eigenvalue weighted by Crippen LogP contribution is -2.50. The number of aromatic nitrogens is 3. The SMILES string of the molecule is CC(C)(C)OC(=O)N1CCN(CCCOc2ccc(-n3c(-c4ccccn4)nc4cc(F)ccc43)cc2)CC1. The van der Waals surface area contributed by atoms with Crippen molar-refractivity contribution in [3.8, 4) is 23.0 Å². The maximum absolute atomic E-state index is 13.9. The molecule has 2 aromatic heterocycles. The molecule has 1 fully saturated rings. The molecule has 0 saturated carbocycles. The molecule has 1 saturated heterocycles. The average molecular weight is 532 g/mol. The number of hydrogen-bond acceptors (Lipinski definition) is 6. The number of nitrogens with zero attached hydrogens (tertiary/aromatic N) is 5. The van der Waals surface area contributed by atoms with Crippen LogP contribution in [0.25, 0.3) is 28.2 Å². The molecule has 204 valence electrons. The van der Waals surface area contributed by atoms with Gasteiger partial charge in [0.15, 0.2) is 5.82 Å². The maximum atomic E-state index is 13.9. The number of benzene rings is 2. The van der Waals surface area contributed by atoms with Gasteiger partial charge in [-0.15, -0.1) is 0 Å². The Morgan fingerprint density at radius 1 is 1.00 bits per heavy atom. The van der Waals surface area contributed by atoms with E-state index in [-0.39, 0.29) is 11.9 Å². The number of imidazole rings is 1. The summed E-state index contributed by atoms with van der Waals surface area (Å²) in [5.74, 6) is 1.10. The van der Waals surface area contributed by atoms with Crippen LogP contribution in [0, 0.1) is 5.82 Å². The summed E-state index contributed by atoms with van der Waals surface area (Å²) in [7, 11) is 0. The summed E-state index contributed by atoms with van der Waals surface area (Å²) < 4.78 is 27.4. The van der Waals surface area contributed by atoms with E-state index >= 15 is 0 Å². The molecule has 5 rings (SSSR count). The van der Waals surface area contributed by atoms with Crippen molar-refractivity contribution in [1.82, 2.24) is 24.3 Å². The van der Waals surface area contributed by atoms with E-state index in [0.29, 0.717) is 36.7 Å². The van der Waals surface area contributed by atoms with Crippen molar-refractivity contribution in [2.75, 3.05) is 39.3 Å². The molecule has 0 radical (unpaired) electrons. The van der Waals surface area contributed by atoms with E-state index in [0.717, 1.165) is 43.0 Å². The molecule has 0 unspecified atom stereocenters. The second kappa shape index (κ2) is 11.4. The number of rotatable bonds is 7. The van der Waals surface area contributed by atoms with Crippen LogP contribution in [0.15, 0.2) is 66.9 Å². The van der Waals surface area contributed by atoms with Gasteiger partial charge in [-0.1, -0.05) is 6.07 Å². The van der Waals surface area contributed by atoms with Gasteiger partial charge in [-0.05, 0) is 75.7 Å². The molecule has 1 aliphatic heterocycles. The second-order valence-corrected chi connectivity index (χ2v) is 10.6. The van der Waals surface area contributed by atoms with Crippen LogP contribution in [-0.4, -0.2) is 75.4 Å². The van der Waals surface area contributed by atoms with Crippen LogP contribution in [0.2, 0.25) is 0 Å². The third-order valence-electron chi connectivity index (χ3n) is 6.52. The zero-order valence-electron chi connectivity index (χ0n) is 22.6. The van der Waals surface area contributed by atoms with E-state index in [2.05, 4.69) is 14.9 Å². The normalized spacial score (nSPS) is 14.5. The molecule has 3 heterocycles. The number of fused-ring (bicyclic) bond motifs is 1. The average Bonchev–Trinajstić information content (AvgIpc) is 3.30. The van der Waals surface area contributed by atoms with Crippen LogP contribution >= 0.6 is 0 Å². The number of hydrogen-bond donors (Lipinski definition) is 0. The third kappa shape index (κ3) is 6.54. The lowest BCUT2D eigenvalue weighted by Gasteiger charge is -2.35. The molecule has 39 heavy (non-hydrogen) atoms. The minimum Gasteiger partial charge on any atom is -0.494 e. The summed E-state index contributed by atoms with van der Waals surface area (Å²) in [6.45, 7) is 10.2. The molecule has 9 heteroatoms. The first-order valence-electron chi connectivity index (χ1n) is 13.3. The Bertz CT molecular complexity index is 1410. The molecule has 1 aliphatic rings. The lowest BCUT2D eigenvalue weighted by atomic mass is 10.2. The van der Waals surface area contributed by atoms with Crippen LogP contribution in [0.3, 0.4) is 0 Å². The Morgan fingerprint density at radius 3 is 2.46 bits per heavy atom. The summed E-state index contributed by atoms with van der Waals surface area (Å²) in [5, 5.41) is 0. The van der Waals surface area contributed by atoms with E-state index in [9.17, 15) is 9.18 Å². The van der Waals surface area contributed by atoms with E-state index < -0.39 is 5.60 Å². The molecule has 0 N–H and O–H groups in total. The summed E-state index contributed by atoms with van der Waals surface area (Å²) in [6, 6.07) is 18.1.